The van der Waals surface area contributed by atoms with Crippen molar-refractivity contribution in [2.45, 2.75) is 6.92 Å². The van der Waals surface area contributed by atoms with Crippen LogP contribution in [0.3, 0.4) is 0 Å². The molecule has 0 bridgehead atoms. The molecule has 0 unspecified atom stereocenters. The van der Waals surface area contributed by atoms with Crippen LogP contribution in [0.1, 0.15) is 15.4 Å². The second-order valence-corrected chi connectivity index (χ2v) is 8.15. The Morgan fingerprint density at radius 3 is 2.69 bits per heavy atom. The van der Waals surface area contributed by atoms with Crippen LogP contribution in [0.25, 0.3) is 15.9 Å². The molecule has 0 aliphatic rings. The topological polar surface area (TPSA) is 46.9 Å². The summed E-state index contributed by atoms with van der Waals surface area (Å²) < 4.78 is 2.88. The summed E-state index contributed by atoms with van der Waals surface area (Å²) >= 11 is 10.8. The lowest BCUT2D eigenvalue weighted by Crippen LogP contribution is -2.09. The van der Waals surface area contributed by atoms with Crippen molar-refractivity contribution in [2.75, 3.05) is 5.32 Å². The van der Waals surface area contributed by atoms with Gasteiger partial charge in [0.05, 0.1) is 16.3 Å². The number of nitrogens with zero attached hydrogens (tertiary/aromatic N) is 2. The fraction of sp³-hybridized carbons (Fsp3) is 0.0526. The zero-order valence-electron chi connectivity index (χ0n) is 13.7. The third kappa shape index (κ3) is 3.28. The molecule has 0 fully saturated rings. The number of nitrogens with one attached hydrogen (secondary N) is 1. The first-order chi connectivity index (χ1) is 12.5. The average molecular weight is 447 g/mol. The van der Waals surface area contributed by atoms with Crippen molar-refractivity contribution in [3.05, 3.63) is 74.7 Å². The molecular weight excluding hydrogens is 434 g/mol. The number of amides is 1. The van der Waals surface area contributed by atoms with Crippen LogP contribution in [0.4, 0.5) is 5.69 Å². The van der Waals surface area contributed by atoms with Gasteiger partial charge in [0.25, 0.3) is 5.91 Å². The molecule has 0 atom stereocenters. The molecule has 1 amide bonds. The summed E-state index contributed by atoms with van der Waals surface area (Å²) in [6.07, 6.45) is 0. The SMILES string of the molecule is Cc1nn(-c2ccc(Br)cc2)c2sc(C(=O)Nc3cccc(Cl)c3)cc12. The van der Waals surface area contributed by atoms with Crippen molar-refractivity contribution in [1.29, 1.82) is 0 Å². The Morgan fingerprint density at radius 1 is 1.19 bits per heavy atom. The van der Waals surface area contributed by atoms with Crippen molar-refractivity contribution in [2.24, 2.45) is 0 Å². The molecule has 0 spiro atoms. The van der Waals surface area contributed by atoms with Gasteiger partial charge in [-0.15, -0.1) is 11.3 Å². The normalized spacial score (nSPS) is 11.0. The highest BCUT2D eigenvalue weighted by Crippen LogP contribution is 2.31. The highest BCUT2D eigenvalue weighted by Gasteiger charge is 2.17. The van der Waals surface area contributed by atoms with Crippen molar-refractivity contribution < 1.29 is 4.79 Å². The third-order valence-corrected chi connectivity index (χ3v) is 5.80. The minimum Gasteiger partial charge on any atom is -0.321 e. The van der Waals surface area contributed by atoms with Gasteiger partial charge in [-0.3, -0.25) is 4.79 Å². The molecule has 0 radical (unpaired) electrons. The maximum atomic E-state index is 12.6. The van der Waals surface area contributed by atoms with Crippen molar-refractivity contribution in [1.82, 2.24) is 9.78 Å². The smallest absolute Gasteiger partial charge is 0.265 e. The maximum absolute atomic E-state index is 12.6. The standard InChI is InChI=1S/C19H13BrClN3OS/c1-11-16-10-17(18(25)22-14-4-2-3-13(21)9-14)26-19(16)24(23-11)15-7-5-12(20)6-8-15/h2-10H,1H3,(H,22,25). The van der Waals surface area contributed by atoms with Crippen LogP contribution in [-0.4, -0.2) is 15.7 Å². The van der Waals surface area contributed by atoms with Gasteiger partial charge in [0, 0.05) is 20.6 Å². The highest BCUT2D eigenvalue weighted by molar-refractivity contribution is 9.10. The zero-order chi connectivity index (χ0) is 18.3. The van der Waals surface area contributed by atoms with Crippen LogP contribution in [0.5, 0.6) is 0 Å². The van der Waals surface area contributed by atoms with E-state index in [1.165, 1.54) is 11.3 Å². The van der Waals surface area contributed by atoms with Crippen LogP contribution in [0.15, 0.2) is 59.1 Å². The number of thiophene rings is 1. The Morgan fingerprint density at radius 2 is 1.96 bits per heavy atom. The van der Waals surface area contributed by atoms with Crippen LogP contribution < -0.4 is 5.32 Å². The molecule has 4 aromatic rings. The molecule has 4 nitrogen and oxygen atoms in total. The molecule has 7 heteroatoms. The van der Waals surface area contributed by atoms with E-state index in [-0.39, 0.29) is 5.91 Å². The number of rotatable bonds is 3. The van der Waals surface area contributed by atoms with E-state index in [0.717, 1.165) is 26.1 Å². The van der Waals surface area contributed by atoms with E-state index >= 15 is 0 Å². The second-order valence-electron chi connectivity index (χ2n) is 5.77. The van der Waals surface area contributed by atoms with Gasteiger partial charge in [-0.1, -0.05) is 33.6 Å². The molecule has 0 aliphatic heterocycles. The van der Waals surface area contributed by atoms with E-state index in [0.29, 0.717) is 15.6 Å². The Hall–Kier alpha value is -2.15. The van der Waals surface area contributed by atoms with E-state index in [1.54, 1.807) is 18.2 Å². The van der Waals surface area contributed by atoms with Crippen LogP contribution >= 0.6 is 38.9 Å². The molecule has 0 saturated heterocycles. The number of aryl methyl sites for hydroxylation is 1. The number of halogens is 2. The Balaban J connectivity index is 1.70. The monoisotopic (exact) mass is 445 g/mol. The number of hydrogen-bond donors (Lipinski definition) is 1. The second kappa shape index (κ2) is 6.87. The lowest BCUT2D eigenvalue weighted by Gasteiger charge is -2.04. The number of fused-ring (bicyclic) bond motifs is 1. The third-order valence-electron chi connectivity index (χ3n) is 3.92. The van der Waals surface area contributed by atoms with Crippen molar-refractivity contribution >= 4 is 60.7 Å². The number of benzene rings is 2. The number of carbonyl (C=O) groups is 1. The average Bonchev–Trinajstić information content (AvgIpc) is 3.17. The van der Waals surface area contributed by atoms with E-state index in [4.69, 9.17) is 11.6 Å². The van der Waals surface area contributed by atoms with E-state index in [1.807, 2.05) is 48.0 Å². The predicted octanol–water partition coefficient (Wildman–Crippen LogP) is 6.06. The van der Waals surface area contributed by atoms with Gasteiger partial charge in [0.15, 0.2) is 0 Å². The summed E-state index contributed by atoms with van der Waals surface area (Å²) in [5.74, 6) is -0.157. The van der Waals surface area contributed by atoms with Gasteiger partial charge >= 0.3 is 0 Å². The molecule has 2 aromatic heterocycles. The molecule has 1 N–H and O–H groups in total. The predicted molar refractivity (Wildman–Crippen MR) is 111 cm³/mol. The summed E-state index contributed by atoms with van der Waals surface area (Å²) in [6, 6.07) is 16.9. The van der Waals surface area contributed by atoms with Gasteiger partial charge in [0.2, 0.25) is 0 Å². The largest absolute Gasteiger partial charge is 0.321 e. The lowest BCUT2D eigenvalue weighted by atomic mass is 10.3. The fourth-order valence-corrected chi connectivity index (χ4v) is 4.21. The van der Waals surface area contributed by atoms with Gasteiger partial charge in [-0.25, -0.2) is 4.68 Å². The Kier molecular flexibility index (Phi) is 4.56. The van der Waals surface area contributed by atoms with Gasteiger partial charge < -0.3 is 5.32 Å². The first kappa shape index (κ1) is 17.3. The summed E-state index contributed by atoms with van der Waals surface area (Å²) in [5.41, 5.74) is 2.52. The molecule has 2 aromatic carbocycles. The molecule has 4 rings (SSSR count). The van der Waals surface area contributed by atoms with E-state index < -0.39 is 0 Å². The van der Waals surface area contributed by atoms with Crippen LogP contribution in [-0.2, 0) is 0 Å². The quantitative estimate of drug-likeness (QED) is 0.415. The molecule has 0 aliphatic carbocycles. The molecule has 26 heavy (non-hydrogen) atoms. The Bertz CT molecular complexity index is 1120. The number of aromatic nitrogens is 2. The summed E-state index contributed by atoms with van der Waals surface area (Å²) in [6.45, 7) is 1.95. The van der Waals surface area contributed by atoms with Gasteiger partial charge in [0.1, 0.15) is 4.83 Å². The van der Waals surface area contributed by atoms with Crippen LogP contribution in [0, 0.1) is 6.92 Å². The minimum absolute atomic E-state index is 0.157. The fourth-order valence-electron chi connectivity index (χ4n) is 2.68. The summed E-state index contributed by atoms with van der Waals surface area (Å²) in [4.78, 5) is 14.2. The zero-order valence-corrected chi connectivity index (χ0v) is 16.8. The lowest BCUT2D eigenvalue weighted by molar-refractivity contribution is 0.103. The van der Waals surface area contributed by atoms with Gasteiger partial charge in [-0.05, 0) is 55.5 Å². The minimum atomic E-state index is -0.157. The molecule has 130 valence electrons. The van der Waals surface area contributed by atoms with E-state index in [9.17, 15) is 4.79 Å². The first-order valence-corrected chi connectivity index (χ1v) is 9.82. The number of anilines is 1. The maximum Gasteiger partial charge on any atom is 0.265 e. The Labute approximate surface area is 167 Å². The van der Waals surface area contributed by atoms with E-state index in [2.05, 4.69) is 26.3 Å². The van der Waals surface area contributed by atoms with Crippen LogP contribution in [0.2, 0.25) is 5.02 Å². The number of carbonyl (C=O) groups excluding carboxylic acids is 1. The van der Waals surface area contributed by atoms with Crippen molar-refractivity contribution in [3.8, 4) is 5.69 Å². The highest BCUT2D eigenvalue weighted by atomic mass is 79.9. The number of hydrogen-bond acceptors (Lipinski definition) is 3. The molecule has 2 heterocycles. The van der Waals surface area contributed by atoms with Gasteiger partial charge in [-0.2, -0.15) is 5.10 Å². The summed E-state index contributed by atoms with van der Waals surface area (Å²) in [5, 5.41) is 9.06. The summed E-state index contributed by atoms with van der Waals surface area (Å²) in [7, 11) is 0. The molecule has 0 saturated carbocycles. The first-order valence-electron chi connectivity index (χ1n) is 7.83. The van der Waals surface area contributed by atoms with Crippen molar-refractivity contribution in [3.63, 3.8) is 0 Å². The molecular formula is C19H13BrClN3OS.